The SMILES string of the molecule is [O]c1cc2ccccn2c1. The Morgan fingerprint density at radius 3 is 3.00 bits per heavy atom. The largest absolute Gasteiger partial charge is 0.320 e. The summed E-state index contributed by atoms with van der Waals surface area (Å²) in [5.74, 6) is 0.0613. The van der Waals surface area contributed by atoms with E-state index in [1.54, 1.807) is 12.3 Å². The molecule has 0 spiro atoms. The lowest BCUT2D eigenvalue weighted by Gasteiger charge is -1.87. The van der Waals surface area contributed by atoms with E-state index in [0.717, 1.165) is 5.52 Å². The zero-order valence-electron chi connectivity index (χ0n) is 5.32. The predicted octanol–water partition coefficient (Wildman–Crippen LogP) is 2.08. The molecule has 10 heavy (non-hydrogen) atoms. The van der Waals surface area contributed by atoms with Gasteiger partial charge in [0.05, 0.1) is 6.20 Å². The predicted molar refractivity (Wildman–Crippen MR) is 37.5 cm³/mol. The van der Waals surface area contributed by atoms with Crippen LogP contribution in [0, 0.1) is 0 Å². The minimum atomic E-state index is 0.0613. The molecule has 0 aliphatic heterocycles. The van der Waals surface area contributed by atoms with Gasteiger partial charge in [-0.05, 0) is 12.1 Å². The summed E-state index contributed by atoms with van der Waals surface area (Å²) < 4.78 is 1.81. The van der Waals surface area contributed by atoms with Gasteiger partial charge in [-0.25, -0.2) is 0 Å². The van der Waals surface area contributed by atoms with Crippen molar-refractivity contribution in [1.29, 1.82) is 0 Å². The fourth-order valence-corrected chi connectivity index (χ4v) is 1.03. The second-order valence-corrected chi connectivity index (χ2v) is 2.21. The fourth-order valence-electron chi connectivity index (χ4n) is 1.03. The molecular formula is C8H6NO. The van der Waals surface area contributed by atoms with Crippen molar-refractivity contribution in [2.45, 2.75) is 0 Å². The van der Waals surface area contributed by atoms with Crippen LogP contribution in [0.4, 0.5) is 0 Å². The molecule has 2 rings (SSSR count). The van der Waals surface area contributed by atoms with E-state index in [1.807, 2.05) is 28.8 Å². The molecule has 2 aromatic rings. The lowest BCUT2D eigenvalue weighted by atomic mass is 10.4. The van der Waals surface area contributed by atoms with Gasteiger partial charge in [0.2, 0.25) is 0 Å². The molecule has 0 fully saturated rings. The van der Waals surface area contributed by atoms with Gasteiger partial charge < -0.3 is 4.40 Å². The third-order valence-corrected chi connectivity index (χ3v) is 1.48. The van der Waals surface area contributed by atoms with E-state index in [9.17, 15) is 5.11 Å². The van der Waals surface area contributed by atoms with Crippen LogP contribution < -0.4 is 0 Å². The molecule has 2 aromatic heterocycles. The maximum Gasteiger partial charge on any atom is 0.197 e. The maximum absolute atomic E-state index is 10.8. The van der Waals surface area contributed by atoms with Crippen LogP contribution in [0.5, 0.6) is 5.75 Å². The van der Waals surface area contributed by atoms with Gasteiger partial charge in [0.15, 0.2) is 5.75 Å². The second kappa shape index (κ2) is 1.77. The lowest BCUT2D eigenvalue weighted by Crippen LogP contribution is -1.75. The number of fused-ring (bicyclic) bond motifs is 1. The van der Waals surface area contributed by atoms with E-state index >= 15 is 0 Å². The number of rotatable bonds is 0. The Labute approximate surface area is 58.3 Å². The van der Waals surface area contributed by atoms with E-state index in [4.69, 9.17) is 0 Å². The van der Waals surface area contributed by atoms with Gasteiger partial charge in [-0.2, -0.15) is 0 Å². The molecule has 49 valence electrons. The molecule has 0 saturated carbocycles. The van der Waals surface area contributed by atoms with Gasteiger partial charge in [-0.1, -0.05) is 6.07 Å². The van der Waals surface area contributed by atoms with E-state index in [-0.39, 0.29) is 5.75 Å². The second-order valence-electron chi connectivity index (χ2n) is 2.21. The minimum absolute atomic E-state index is 0.0613. The van der Waals surface area contributed by atoms with Crippen LogP contribution in [0.3, 0.4) is 0 Å². The standard InChI is InChI=1S/C8H6NO/c10-8-5-7-3-1-2-4-9(7)6-8/h1-6H. The Morgan fingerprint density at radius 2 is 2.20 bits per heavy atom. The van der Waals surface area contributed by atoms with Crippen molar-refractivity contribution in [3.63, 3.8) is 0 Å². The molecule has 2 heterocycles. The summed E-state index contributed by atoms with van der Waals surface area (Å²) in [6.07, 6.45) is 3.42. The number of hydrogen-bond acceptors (Lipinski definition) is 0. The van der Waals surface area contributed by atoms with Gasteiger partial charge >= 0.3 is 0 Å². The van der Waals surface area contributed by atoms with Crippen LogP contribution in [0.2, 0.25) is 0 Å². The molecule has 2 heteroatoms. The monoisotopic (exact) mass is 132 g/mol. The first-order chi connectivity index (χ1) is 4.86. The smallest absolute Gasteiger partial charge is 0.197 e. The van der Waals surface area contributed by atoms with Gasteiger partial charge in [0.1, 0.15) is 0 Å². The molecule has 0 aliphatic carbocycles. The molecule has 0 aliphatic rings. The van der Waals surface area contributed by atoms with Gasteiger partial charge in [-0.15, -0.1) is 0 Å². The number of hydrogen-bond donors (Lipinski definition) is 0. The summed E-state index contributed by atoms with van der Waals surface area (Å²) in [5.41, 5.74) is 0.951. The Kier molecular flexibility index (Phi) is 0.947. The summed E-state index contributed by atoms with van der Waals surface area (Å²) >= 11 is 0. The summed E-state index contributed by atoms with van der Waals surface area (Å²) in [4.78, 5) is 0. The van der Waals surface area contributed by atoms with Crippen molar-refractivity contribution in [2.24, 2.45) is 0 Å². The third-order valence-electron chi connectivity index (χ3n) is 1.48. The first kappa shape index (κ1) is 5.35. The topological polar surface area (TPSA) is 24.3 Å². The van der Waals surface area contributed by atoms with Crippen molar-refractivity contribution in [1.82, 2.24) is 4.40 Å². The minimum Gasteiger partial charge on any atom is -0.320 e. The Hall–Kier alpha value is -1.44. The molecule has 1 radical (unpaired) electrons. The van der Waals surface area contributed by atoms with Crippen LogP contribution in [-0.2, 0) is 5.11 Å². The molecule has 0 aromatic carbocycles. The zero-order chi connectivity index (χ0) is 6.97. The van der Waals surface area contributed by atoms with E-state index in [2.05, 4.69) is 0 Å². The van der Waals surface area contributed by atoms with Crippen molar-refractivity contribution in [2.75, 3.05) is 0 Å². The fraction of sp³-hybridized carbons (Fsp3) is 0. The molecule has 0 N–H and O–H groups in total. The third kappa shape index (κ3) is 0.658. The van der Waals surface area contributed by atoms with Crippen molar-refractivity contribution < 1.29 is 5.11 Å². The molecule has 0 unspecified atom stereocenters. The first-order valence-corrected chi connectivity index (χ1v) is 3.10. The molecular weight excluding hydrogens is 126 g/mol. The maximum atomic E-state index is 10.8. The van der Waals surface area contributed by atoms with Gasteiger partial charge in [0.25, 0.3) is 0 Å². The van der Waals surface area contributed by atoms with Crippen molar-refractivity contribution in [3.05, 3.63) is 36.7 Å². The normalized spacial score (nSPS) is 10.4. The van der Waals surface area contributed by atoms with Crippen LogP contribution >= 0.6 is 0 Å². The Balaban J connectivity index is 2.88. The number of aromatic nitrogens is 1. The Bertz CT molecular complexity index is 318. The summed E-state index contributed by atoms with van der Waals surface area (Å²) in [5, 5.41) is 10.8. The molecule has 0 amide bonds. The average molecular weight is 132 g/mol. The molecule has 0 saturated heterocycles. The first-order valence-electron chi connectivity index (χ1n) is 3.10. The number of nitrogens with zero attached hydrogens (tertiary/aromatic N) is 1. The summed E-state index contributed by atoms with van der Waals surface area (Å²) in [6.45, 7) is 0. The summed E-state index contributed by atoms with van der Waals surface area (Å²) in [6, 6.07) is 7.32. The molecule has 2 nitrogen and oxygen atoms in total. The average Bonchev–Trinajstić information content (AvgIpc) is 2.27. The van der Waals surface area contributed by atoms with E-state index in [1.165, 1.54) is 0 Å². The van der Waals surface area contributed by atoms with E-state index in [0.29, 0.717) is 0 Å². The molecule has 0 bridgehead atoms. The van der Waals surface area contributed by atoms with Crippen molar-refractivity contribution in [3.8, 4) is 5.75 Å². The van der Waals surface area contributed by atoms with Crippen LogP contribution in [-0.4, -0.2) is 4.40 Å². The highest BCUT2D eigenvalue weighted by Gasteiger charge is 1.94. The highest BCUT2D eigenvalue weighted by atomic mass is 16.3. The zero-order valence-corrected chi connectivity index (χ0v) is 5.32. The van der Waals surface area contributed by atoms with Gasteiger partial charge in [-0.3, -0.25) is 5.11 Å². The molecule has 0 atom stereocenters. The highest BCUT2D eigenvalue weighted by molar-refractivity contribution is 5.51. The lowest BCUT2D eigenvalue weighted by molar-refractivity contribution is 0.355. The quantitative estimate of drug-likeness (QED) is 0.524. The van der Waals surface area contributed by atoms with Crippen molar-refractivity contribution >= 4 is 5.52 Å². The van der Waals surface area contributed by atoms with Gasteiger partial charge in [0, 0.05) is 17.8 Å². The van der Waals surface area contributed by atoms with Crippen LogP contribution in [0.15, 0.2) is 36.7 Å². The van der Waals surface area contributed by atoms with Crippen LogP contribution in [0.1, 0.15) is 0 Å². The summed E-state index contributed by atoms with van der Waals surface area (Å²) in [7, 11) is 0. The van der Waals surface area contributed by atoms with E-state index < -0.39 is 0 Å². The Morgan fingerprint density at radius 1 is 1.30 bits per heavy atom. The number of pyridine rings is 1. The highest BCUT2D eigenvalue weighted by Crippen LogP contribution is 2.14. The van der Waals surface area contributed by atoms with Crippen LogP contribution in [0.25, 0.3) is 5.52 Å².